The van der Waals surface area contributed by atoms with E-state index in [-0.39, 0.29) is 36.5 Å². The molecule has 3 aromatic rings. The van der Waals surface area contributed by atoms with E-state index in [9.17, 15) is 14.7 Å². The summed E-state index contributed by atoms with van der Waals surface area (Å²) in [5.74, 6) is -0.269. The number of para-hydroxylation sites is 2. The van der Waals surface area contributed by atoms with Crippen LogP contribution in [0.3, 0.4) is 0 Å². The standard InChI is InChI=1S/C24H28N4O4S/c1-14-12-28(15(2)13-29)24(31)16-7-6-9-18(21(16)32-19(14)11-25-3)26-22(30)23-27-17-8-4-5-10-20(17)33-23/h4-10,14-15,19,25,29H,11-13H2,1-3H3,(H,26,30)/t14-,15+,19+/m1/s1. The first-order valence-corrected chi connectivity index (χ1v) is 11.8. The van der Waals surface area contributed by atoms with Crippen molar-refractivity contribution in [2.24, 2.45) is 5.92 Å². The summed E-state index contributed by atoms with van der Waals surface area (Å²) in [6, 6.07) is 12.4. The molecule has 0 saturated heterocycles. The summed E-state index contributed by atoms with van der Waals surface area (Å²) in [5, 5.41) is 16.1. The van der Waals surface area contributed by atoms with Crippen molar-refractivity contribution in [3.05, 3.63) is 53.0 Å². The lowest BCUT2D eigenvalue weighted by atomic mass is 9.99. The SMILES string of the molecule is CNC[C@@H]1Oc2c(NC(=O)c3nc4ccccc4s3)cccc2C(=O)N([C@@H](C)CO)C[C@H]1C. The summed E-state index contributed by atoms with van der Waals surface area (Å²) < 4.78 is 7.27. The Kier molecular flexibility index (Phi) is 6.92. The number of carbonyl (C=O) groups excluding carboxylic acids is 2. The van der Waals surface area contributed by atoms with Crippen molar-refractivity contribution in [1.29, 1.82) is 0 Å². The van der Waals surface area contributed by atoms with Crippen LogP contribution in [-0.4, -0.2) is 65.7 Å². The maximum absolute atomic E-state index is 13.4. The van der Waals surface area contributed by atoms with Crippen molar-refractivity contribution in [3.8, 4) is 5.75 Å². The Hall–Kier alpha value is -3.01. The minimum atomic E-state index is -0.360. The molecule has 2 aromatic carbocycles. The van der Waals surface area contributed by atoms with E-state index in [0.717, 1.165) is 10.2 Å². The van der Waals surface area contributed by atoms with Gasteiger partial charge in [0.05, 0.1) is 34.1 Å². The van der Waals surface area contributed by atoms with E-state index in [1.165, 1.54) is 11.3 Å². The van der Waals surface area contributed by atoms with E-state index < -0.39 is 0 Å². The van der Waals surface area contributed by atoms with Gasteiger partial charge in [-0.3, -0.25) is 9.59 Å². The first kappa shape index (κ1) is 23.2. The lowest BCUT2D eigenvalue weighted by Gasteiger charge is -2.37. The zero-order valence-corrected chi connectivity index (χ0v) is 19.7. The summed E-state index contributed by atoms with van der Waals surface area (Å²) in [4.78, 5) is 32.6. The molecule has 33 heavy (non-hydrogen) atoms. The van der Waals surface area contributed by atoms with Crippen molar-refractivity contribution in [3.63, 3.8) is 0 Å². The Morgan fingerprint density at radius 3 is 2.82 bits per heavy atom. The number of ether oxygens (including phenoxy) is 1. The van der Waals surface area contributed by atoms with Crippen LogP contribution in [-0.2, 0) is 0 Å². The number of hydrogen-bond acceptors (Lipinski definition) is 7. The highest BCUT2D eigenvalue weighted by Gasteiger charge is 2.34. The molecule has 0 spiro atoms. The van der Waals surface area contributed by atoms with Crippen LogP contribution in [0, 0.1) is 5.92 Å². The monoisotopic (exact) mass is 468 g/mol. The summed E-state index contributed by atoms with van der Waals surface area (Å²) in [6.45, 7) is 4.71. The Labute approximate surface area is 196 Å². The fourth-order valence-electron chi connectivity index (χ4n) is 3.93. The number of hydrogen-bond donors (Lipinski definition) is 3. The van der Waals surface area contributed by atoms with Gasteiger partial charge in [0.2, 0.25) is 0 Å². The van der Waals surface area contributed by atoms with Gasteiger partial charge in [-0.2, -0.15) is 0 Å². The lowest BCUT2D eigenvalue weighted by Crippen LogP contribution is -2.49. The highest BCUT2D eigenvalue weighted by Crippen LogP contribution is 2.35. The van der Waals surface area contributed by atoms with Crippen molar-refractivity contribution in [2.45, 2.75) is 26.0 Å². The van der Waals surface area contributed by atoms with Crippen LogP contribution in [0.5, 0.6) is 5.75 Å². The Morgan fingerprint density at radius 1 is 1.30 bits per heavy atom. The molecule has 2 heterocycles. The topological polar surface area (TPSA) is 104 Å². The van der Waals surface area contributed by atoms with E-state index in [1.807, 2.05) is 45.2 Å². The number of aliphatic hydroxyl groups is 1. The minimum absolute atomic E-state index is 0.00318. The third-order valence-corrected chi connectivity index (χ3v) is 6.87. The molecule has 9 heteroatoms. The summed E-state index contributed by atoms with van der Waals surface area (Å²) in [6.07, 6.45) is -0.240. The largest absolute Gasteiger partial charge is 0.486 e. The highest BCUT2D eigenvalue weighted by atomic mass is 32.1. The summed E-state index contributed by atoms with van der Waals surface area (Å²) >= 11 is 1.31. The molecule has 0 unspecified atom stereocenters. The number of rotatable bonds is 6. The van der Waals surface area contributed by atoms with Gasteiger partial charge in [-0.1, -0.05) is 25.1 Å². The van der Waals surface area contributed by atoms with E-state index >= 15 is 0 Å². The minimum Gasteiger partial charge on any atom is -0.486 e. The highest BCUT2D eigenvalue weighted by molar-refractivity contribution is 7.20. The number of nitrogens with one attached hydrogen (secondary N) is 2. The number of thiazole rings is 1. The van der Waals surface area contributed by atoms with Gasteiger partial charge in [0, 0.05) is 19.0 Å². The molecule has 3 atom stereocenters. The number of carbonyl (C=O) groups is 2. The van der Waals surface area contributed by atoms with Crippen molar-refractivity contribution in [2.75, 3.05) is 32.1 Å². The molecule has 174 valence electrons. The second-order valence-corrected chi connectivity index (χ2v) is 9.33. The van der Waals surface area contributed by atoms with Crippen molar-refractivity contribution >= 4 is 39.1 Å². The maximum atomic E-state index is 13.4. The average Bonchev–Trinajstić information content (AvgIpc) is 3.26. The van der Waals surface area contributed by atoms with E-state index in [1.54, 1.807) is 23.1 Å². The summed E-state index contributed by atoms with van der Waals surface area (Å²) in [5.41, 5.74) is 1.53. The van der Waals surface area contributed by atoms with E-state index in [2.05, 4.69) is 15.6 Å². The number of benzene rings is 2. The number of likely N-dealkylation sites (N-methyl/N-ethyl adjacent to an activating group) is 1. The smallest absolute Gasteiger partial charge is 0.284 e. The molecule has 4 rings (SSSR count). The van der Waals surface area contributed by atoms with Crippen LogP contribution in [0.15, 0.2) is 42.5 Å². The quantitative estimate of drug-likeness (QED) is 0.514. The third-order valence-electron chi connectivity index (χ3n) is 5.83. The van der Waals surface area contributed by atoms with Gasteiger partial charge in [-0.15, -0.1) is 11.3 Å². The van der Waals surface area contributed by atoms with Crippen LogP contribution in [0.4, 0.5) is 5.69 Å². The van der Waals surface area contributed by atoms with Gasteiger partial charge in [0.25, 0.3) is 11.8 Å². The van der Waals surface area contributed by atoms with Gasteiger partial charge >= 0.3 is 0 Å². The molecule has 1 aliphatic heterocycles. The molecule has 1 aliphatic rings. The van der Waals surface area contributed by atoms with Gasteiger partial charge in [-0.05, 0) is 38.2 Å². The van der Waals surface area contributed by atoms with Crippen LogP contribution in [0.1, 0.15) is 34.0 Å². The number of aliphatic hydroxyl groups excluding tert-OH is 1. The van der Waals surface area contributed by atoms with Crippen LogP contribution >= 0.6 is 11.3 Å². The third kappa shape index (κ3) is 4.71. The molecule has 3 N–H and O–H groups in total. The normalized spacial score (nSPS) is 19.4. The van der Waals surface area contributed by atoms with Crippen molar-refractivity contribution in [1.82, 2.24) is 15.2 Å². The summed E-state index contributed by atoms with van der Waals surface area (Å²) in [7, 11) is 1.84. The molecule has 0 radical (unpaired) electrons. The molecule has 0 saturated carbocycles. The van der Waals surface area contributed by atoms with Crippen LogP contribution < -0.4 is 15.4 Å². The first-order chi connectivity index (χ1) is 15.9. The molecule has 8 nitrogen and oxygen atoms in total. The zero-order valence-electron chi connectivity index (χ0n) is 18.9. The Morgan fingerprint density at radius 2 is 2.09 bits per heavy atom. The predicted molar refractivity (Wildman–Crippen MR) is 129 cm³/mol. The van der Waals surface area contributed by atoms with Gasteiger partial charge in [-0.25, -0.2) is 4.98 Å². The second-order valence-electron chi connectivity index (χ2n) is 8.30. The number of fused-ring (bicyclic) bond motifs is 2. The number of nitrogens with zero attached hydrogens (tertiary/aromatic N) is 2. The first-order valence-electron chi connectivity index (χ1n) is 11.0. The number of anilines is 1. The molecule has 0 fully saturated rings. The maximum Gasteiger partial charge on any atom is 0.284 e. The Balaban J connectivity index is 1.72. The fourth-order valence-corrected chi connectivity index (χ4v) is 4.79. The molecular weight excluding hydrogens is 440 g/mol. The molecule has 1 aromatic heterocycles. The van der Waals surface area contributed by atoms with Crippen molar-refractivity contribution < 1.29 is 19.4 Å². The van der Waals surface area contributed by atoms with Gasteiger partial charge in [0.1, 0.15) is 6.10 Å². The molecule has 2 amide bonds. The lowest BCUT2D eigenvalue weighted by molar-refractivity contribution is 0.0417. The van der Waals surface area contributed by atoms with Crippen LogP contribution in [0.25, 0.3) is 10.2 Å². The zero-order chi connectivity index (χ0) is 23.5. The second kappa shape index (κ2) is 9.86. The predicted octanol–water partition coefficient (Wildman–Crippen LogP) is 2.99. The van der Waals surface area contributed by atoms with E-state index in [0.29, 0.717) is 35.1 Å². The van der Waals surface area contributed by atoms with E-state index in [4.69, 9.17) is 4.74 Å². The Bertz CT molecular complexity index is 1130. The molecule has 0 bridgehead atoms. The van der Waals surface area contributed by atoms with Gasteiger partial charge in [0.15, 0.2) is 10.8 Å². The molecular formula is C24H28N4O4S. The fraction of sp³-hybridized carbons (Fsp3) is 0.375. The average molecular weight is 469 g/mol. The number of amides is 2. The van der Waals surface area contributed by atoms with Crippen LogP contribution in [0.2, 0.25) is 0 Å². The molecule has 0 aliphatic carbocycles. The van der Waals surface area contributed by atoms with Gasteiger partial charge < -0.3 is 25.4 Å². The number of aromatic nitrogens is 1.